The molecule has 0 fully saturated rings. The van der Waals surface area contributed by atoms with E-state index in [-0.39, 0.29) is 5.91 Å². The van der Waals surface area contributed by atoms with E-state index < -0.39 is 0 Å². The molecule has 1 aromatic carbocycles. The van der Waals surface area contributed by atoms with Gasteiger partial charge in [0, 0.05) is 29.7 Å². The third-order valence-electron chi connectivity index (χ3n) is 3.52. The molecule has 25 heavy (non-hydrogen) atoms. The first-order chi connectivity index (χ1) is 12.2. The second-order valence-corrected chi connectivity index (χ2v) is 6.79. The van der Waals surface area contributed by atoms with E-state index in [2.05, 4.69) is 10.3 Å². The van der Waals surface area contributed by atoms with Crippen molar-refractivity contribution in [3.63, 3.8) is 0 Å². The van der Waals surface area contributed by atoms with Gasteiger partial charge >= 0.3 is 0 Å². The standard InChI is InChI=1S/C19H17ClN2O2S/c20-17-6-2-1-5-15(17)12-25-13-16-7-8-18(24-16)19(23)22-11-14-4-3-9-21-10-14/h1-10H,11-13H2,(H,22,23). The van der Waals surface area contributed by atoms with Crippen molar-refractivity contribution in [1.82, 2.24) is 10.3 Å². The van der Waals surface area contributed by atoms with E-state index in [1.165, 1.54) is 0 Å². The van der Waals surface area contributed by atoms with Crippen LogP contribution in [0.25, 0.3) is 0 Å². The number of amides is 1. The van der Waals surface area contributed by atoms with Gasteiger partial charge in [-0.3, -0.25) is 9.78 Å². The van der Waals surface area contributed by atoms with Gasteiger partial charge in [0.05, 0.1) is 5.75 Å². The fourth-order valence-electron chi connectivity index (χ4n) is 2.23. The summed E-state index contributed by atoms with van der Waals surface area (Å²) in [6.07, 6.45) is 3.42. The fourth-order valence-corrected chi connectivity index (χ4v) is 3.44. The predicted octanol–water partition coefficient (Wildman–Crippen LogP) is 4.69. The number of thioether (sulfide) groups is 1. The molecular weight excluding hydrogens is 356 g/mol. The number of nitrogens with one attached hydrogen (secondary N) is 1. The molecule has 3 rings (SSSR count). The summed E-state index contributed by atoms with van der Waals surface area (Å²) in [5.74, 6) is 2.33. The summed E-state index contributed by atoms with van der Waals surface area (Å²) in [6, 6.07) is 15.1. The van der Waals surface area contributed by atoms with Gasteiger partial charge in [0.2, 0.25) is 0 Å². The molecule has 0 radical (unpaired) electrons. The maximum atomic E-state index is 12.1. The molecule has 2 aromatic heterocycles. The number of hydrogen-bond donors (Lipinski definition) is 1. The molecule has 0 saturated carbocycles. The first-order valence-electron chi connectivity index (χ1n) is 7.79. The first kappa shape index (κ1) is 17.6. The van der Waals surface area contributed by atoms with Gasteiger partial charge in [0.1, 0.15) is 5.76 Å². The molecule has 0 aliphatic rings. The smallest absolute Gasteiger partial charge is 0.287 e. The minimum atomic E-state index is -0.230. The van der Waals surface area contributed by atoms with Crippen molar-refractivity contribution in [2.45, 2.75) is 18.1 Å². The quantitative estimate of drug-likeness (QED) is 0.653. The van der Waals surface area contributed by atoms with Crippen molar-refractivity contribution in [2.75, 3.05) is 0 Å². The summed E-state index contributed by atoms with van der Waals surface area (Å²) in [5.41, 5.74) is 2.04. The number of aromatic nitrogens is 1. The zero-order valence-electron chi connectivity index (χ0n) is 13.4. The summed E-state index contributed by atoms with van der Waals surface area (Å²) < 4.78 is 5.62. The van der Waals surface area contributed by atoms with Crippen LogP contribution in [0.4, 0.5) is 0 Å². The van der Waals surface area contributed by atoms with Crippen LogP contribution in [0.1, 0.15) is 27.4 Å². The van der Waals surface area contributed by atoms with Gasteiger partial charge in [-0.2, -0.15) is 0 Å². The van der Waals surface area contributed by atoms with Gasteiger partial charge in [0.25, 0.3) is 5.91 Å². The normalized spacial score (nSPS) is 10.6. The van der Waals surface area contributed by atoms with Crippen molar-refractivity contribution in [2.24, 2.45) is 0 Å². The van der Waals surface area contributed by atoms with E-state index in [0.717, 1.165) is 27.7 Å². The third-order valence-corrected chi connectivity index (χ3v) is 4.89. The minimum Gasteiger partial charge on any atom is -0.455 e. The Morgan fingerprint density at radius 3 is 2.80 bits per heavy atom. The van der Waals surface area contributed by atoms with Crippen LogP contribution in [0, 0.1) is 0 Å². The molecule has 0 aliphatic heterocycles. The van der Waals surface area contributed by atoms with E-state index in [0.29, 0.717) is 18.1 Å². The number of carbonyl (C=O) groups excluding carboxylic acids is 1. The SMILES string of the molecule is O=C(NCc1cccnc1)c1ccc(CSCc2ccccc2Cl)o1. The van der Waals surface area contributed by atoms with Crippen molar-refractivity contribution in [3.05, 3.63) is 88.6 Å². The predicted molar refractivity (Wildman–Crippen MR) is 101 cm³/mol. The number of halogens is 1. The first-order valence-corrected chi connectivity index (χ1v) is 9.32. The number of pyridine rings is 1. The summed E-state index contributed by atoms with van der Waals surface area (Å²) in [6.45, 7) is 0.421. The third kappa shape index (κ3) is 5.11. The molecular formula is C19H17ClN2O2S. The Hall–Kier alpha value is -2.24. The molecule has 0 unspecified atom stereocenters. The van der Waals surface area contributed by atoms with Crippen molar-refractivity contribution in [3.8, 4) is 0 Å². The highest BCUT2D eigenvalue weighted by atomic mass is 35.5. The zero-order valence-corrected chi connectivity index (χ0v) is 15.0. The Morgan fingerprint density at radius 2 is 2.00 bits per heavy atom. The molecule has 0 aliphatic carbocycles. The highest BCUT2D eigenvalue weighted by molar-refractivity contribution is 7.97. The second kappa shape index (κ2) is 8.74. The Morgan fingerprint density at radius 1 is 1.12 bits per heavy atom. The lowest BCUT2D eigenvalue weighted by Gasteiger charge is -2.03. The number of carbonyl (C=O) groups is 1. The molecule has 3 aromatic rings. The van der Waals surface area contributed by atoms with Gasteiger partial charge in [-0.15, -0.1) is 11.8 Å². The lowest BCUT2D eigenvalue weighted by atomic mass is 10.2. The molecule has 0 saturated heterocycles. The maximum absolute atomic E-state index is 12.1. The molecule has 2 heterocycles. The summed E-state index contributed by atoms with van der Waals surface area (Å²) >= 11 is 7.83. The minimum absolute atomic E-state index is 0.230. The fraction of sp³-hybridized carbons (Fsp3) is 0.158. The molecule has 128 valence electrons. The molecule has 0 atom stereocenters. The maximum Gasteiger partial charge on any atom is 0.287 e. The Balaban J connectivity index is 1.48. The Labute approximate surface area is 155 Å². The summed E-state index contributed by atoms with van der Waals surface area (Å²) in [4.78, 5) is 16.1. The lowest BCUT2D eigenvalue weighted by molar-refractivity contribution is 0.0921. The van der Waals surface area contributed by atoms with Crippen LogP contribution in [0.15, 0.2) is 65.3 Å². The summed E-state index contributed by atoms with van der Waals surface area (Å²) in [5, 5.41) is 3.59. The zero-order chi connectivity index (χ0) is 17.5. The van der Waals surface area contributed by atoms with Gasteiger partial charge in [-0.1, -0.05) is 35.9 Å². The topological polar surface area (TPSA) is 55.1 Å². The average Bonchev–Trinajstić information content (AvgIpc) is 3.11. The van der Waals surface area contributed by atoms with Gasteiger partial charge in [-0.05, 0) is 35.4 Å². The number of hydrogen-bond acceptors (Lipinski definition) is 4. The van der Waals surface area contributed by atoms with Crippen molar-refractivity contribution >= 4 is 29.3 Å². The van der Waals surface area contributed by atoms with Crippen LogP contribution in [-0.2, 0) is 18.1 Å². The van der Waals surface area contributed by atoms with Gasteiger partial charge in [-0.25, -0.2) is 0 Å². The van der Waals surface area contributed by atoms with Crippen LogP contribution >= 0.6 is 23.4 Å². The highest BCUT2D eigenvalue weighted by Gasteiger charge is 2.11. The molecule has 1 amide bonds. The number of nitrogens with zero attached hydrogens (tertiary/aromatic N) is 1. The number of benzene rings is 1. The van der Waals surface area contributed by atoms with Gasteiger partial charge in [0.15, 0.2) is 5.76 Å². The van der Waals surface area contributed by atoms with E-state index in [1.54, 1.807) is 30.2 Å². The van der Waals surface area contributed by atoms with Crippen molar-refractivity contribution < 1.29 is 9.21 Å². The molecule has 6 heteroatoms. The molecule has 4 nitrogen and oxygen atoms in total. The van der Waals surface area contributed by atoms with Crippen LogP contribution in [0.5, 0.6) is 0 Å². The lowest BCUT2D eigenvalue weighted by Crippen LogP contribution is -2.22. The monoisotopic (exact) mass is 372 g/mol. The molecule has 0 spiro atoms. The second-order valence-electron chi connectivity index (χ2n) is 5.39. The van der Waals surface area contributed by atoms with Crippen LogP contribution in [0.2, 0.25) is 5.02 Å². The van der Waals surface area contributed by atoms with Gasteiger partial charge < -0.3 is 9.73 Å². The largest absolute Gasteiger partial charge is 0.455 e. The highest BCUT2D eigenvalue weighted by Crippen LogP contribution is 2.24. The van der Waals surface area contributed by atoms with Crippen LogP contribution < -0.4 is 5.32 Å². The average molecular weight is 373 g/mol. The van der Waals surface area contributed by atoms with Crippen molar-refractivity contribution in [1.29, 1.82) is 0 Å². The van der Waals surface area contributed by atoms with E-state index in [1.807, 2.05) is 42.5 Å². The Kier molecular flexibility index (Phi) is 6.14. The van der Waals surface area contributed by atoms with Crippen LogP contribution in [-0.4, -0.2) is 10.9 Å². The van der Waals surface area contributed by atoms with Crippen LogP contribution in [0.3, 0.4) is 0 Å². The van der Waals surface area contributed by atoms with E-state index in [4.69, 9.17) is 16.0 Å². The summed E-state index contributed by atoms with van der Waals surface area (Å²) in [7, 11) is 0. The van der Waals surface area contributed by atoms with E-state index >= 15 is 0 Å². The molecule has 1 N–H and O–H groups in total. The van der Waals surface area contributed by atoms with E-state index in [9.17, 15) is 4.79 Å². The Bertz CT molecular complexity index is 836. The number of furan rings is 1. The molecule has 0 bridgehead atoms. The number of rotatable bonds is 7.